The second-order valence-corrected chi connectivity index (χ2v) is 5.19. The number of carbonyl (C=O) groups is 1. The smallest absolute Gasteiger partial charge is 0.271 e. The van der Waals surface area contributed by atoms with E-state index in [1.165, 1.54) is 6.20 Å². The van der Waals surface area contributed by atoms with Crippen LogP contribution in [0.2, 0.25) is 0 Å². The first-order chi connectivity index (χ1) is 7.29. The fourth-order valence-corrected chi connectivity index (χ4v) is 1.16. The van der Waals surface area contributed by atoms with Gasteiger partial charge in [-0.3, -0.25) is 9.78 Å². The van der Waals surface area contributed by atoms with E-state index in [9.17, 15) is 4.79 Å². The average Bonchev–Trinajstić information content (AvgIpc) is 2.15. The molecule has 1 heterocycles. The highest BCUT2D eigenvalue weighted by atomic mass is 16.2. The summed E-state index contributed by atoms with van der Waals surface area (Å²) in [5.74, 6) is 0.141. The number of nitrogens with one attached hydrogen (secondary N) is 1. The molecule has 1 amide bonds. The number of amides is 1. The summed E-state index contributed by atoms with van der Waals surface area (Å²) in [7, 11) is 0. The van der Waals surface area contributed by atoms with E-state index in [2.05, 4.69) is 15.3 Å². The quantitative estimate of drug-likeness (QED) is 0.832. The average molecular weight is 221 g/mol. The van der Waals surface area contributed by atoms with E-state index in [-0.39, 0.29) is 11.4 Å². The Morgan fingerprint density at radius 3 is 2.25 bits per heavy atom. The summed E-state index contributed by atoms with van der Waals surface area (Å²) in [5.41, 5.74) is 1.00. The highest BCUT2D eigenvalue weighted by Crippen LogP contribution is 2.09. The molecule has 0 atom stereocenters. The van der Waals surface area contributed by atoms with Gasteiger partial charge in [0, 0.05) is 11.7 Å². The molecule has 0 fully saturated rings. The largest absolute Gasteiger partial charge is 0.346 e. The maximum atomic E-state index is 11.7. The van der Waals surface area contributed by atoms with Crippen LogP contribution in [0.4, 0.5) is 0 Å². The summed E-state index contributed by atoms with van der Waals surface area (Å²) in [5, 5.41) is 2.84. The van der Waals surface area contributed by atoms with Gasteiger partial charge in [-0.15, -0.1) is 0 Å². The van der Waals surface area contributed by atoms with E-state index in [0.29, 0.717) is 11.6 Å². The zero-order chi connectivity index (χ0) is 12.3. The van der Waals surface area contributed by atoms with Crippen LogP contribution in [0.25, 0.3) is 0 Å². The van der Waals surface area contributed by atoms with Crippen molar-refractivity contribution < 1.29 is 4.79 Å². The topological polar surface area (TPSA) is 54.9 Å². The fraction of sp³-hybridized carbons (Fsp3) is 0.583. The van der Waals surface area contributed by atoms with Crippen molar-refractivity contribution >= 4 is 5.91 Å². The number of hydrogen-bond donors (Lipinski definition) is 1. The molecule has 0 bridgehead atoms. The van der Waals surface area contributed by atoms with E-state index >= 15 is 0 Å². The zero-order valence-corrected chi connectivity index (χ0v) is 10.5. The Kier molecular flexibility index (Phi) is 3.62. The van der Waals surface area contributed by atoms with Crippen molar-refractivity contribution in [2.45, 2.75) is 46.1 Å². The first kappa shape index (κ1) is 12.6. The SMILES string of the molecule is CC(C)c1cnc(C(=O)NC(C)(C)C)cn1. The van der Waals surface area contributed by atoms with Gasteiger partial charge in [-0.1, -0.05) is 13.8 Å². The van der Waals surface area contributed by atoms with Gasteiger partial charge in [0.2, 0.25) is 0 Å². The number of hydrogen-bond acceptors (Lipinski definition) is 3. The van der Waals surface area contributed by atoms with Gasteiger partial charge in [0.15, 0.2) is 0 Å². The highest BCUT2D eigenvalue weighted by Gasteiger charge is 2.16. The number of carbonyl (C=O) groups excluding carboxylic acids is 1. The summed E-state index contributed by atoms with van der Waals surface area (Å²) in [6.07, 6.45) is 3.18. The minimum atomic E-state index is -0.254. The molecular formula is C12H19N3O. The third-order valence-corrected chi connectivity index (χ3v) is 1.98. The summed E-state index contributed by atoms with van der Waals surface area (Å²) in [6.45, 7) is 9.88. The third kappa shape index (κ3) is 3.61. The molecule has 0 saturated heterocycles. The van der Waals surface area contributed by atoms with E-state index < -0.39 is 0 Å². The Morgan fingerprint density at radius 1 is 1.25 bits per heavy atom. The predicted molar refractivity (Wildman–Crippen MR) is 63.3 cm³/mol. The van der Waals surface area contributed by atoms with Crippen LogP contribution in [-0.4, -0.2) is 21.4 Å². The molecular weight excluding hydrogens is 202 g/mol. The Labute approximate surface area is 96.5 Å². The van der Waals surface area contributed by atoms with Crippen LogP contribution in [0.1, 0.15) is 56.7 Å². The second-order valence-electron chi connectivity index (χ2n) is 5.19. The first-order valence-electron chi connectivity index (χ1n) is 5.44. The molecule has 16 heavy (non-hydrogen) atoms. The van der Waals surface area contributed by atoms with Gasteiger partial charge in [-0.05, 0) is 26.7 Å². The van der Waals surface area contributed by atoms with Crippen LogP contribution < -0.4 is 5.32 Å². The lowest BCUT2D eigenvalue weighted by Crippen LogP contribution is -2.41. The molecule has 4 nitrogen and oxygen atoms in total. The Morgan fingerprint density at radius 2 is 1.88 bits per heavy atom. The van der Waals surface area contributed by atoms with Crippen LogP contribution >= 0.6 is 0 Å². The first-order valence-corrected chi connectivity index (χ1v) is 5.44. The fourth-order valence-electron chi connectivity index (χ4n) is 1.16. The van der Waals surface area contributed by atoms with Gasteiger partial charge in [-0.2, -0.15) is 0 Å². The minimum Gasteiger partial charge on any atom is -0.346 e. The van der Waals surface area contributed by atoms with Crippen molar-refractivity contribution in [3.8, 4) is 0 Å². The van der Waals surface area contributed by atoms with Gasteiger partial charge in [0.05, 0.1) is 11.9 Å². The molecule has 0 radical (unpaired) electrons. The lowest BCUT2D eigenvalue weighted by Gasteiger charge is -2.20. The monoisotopic (exact) mass is 221 g/mol. The van der Waals surface area contributed by atoms with Crippen molar-refractivity contribution in [1.82, 2.24) is 15.3 Å². The molecule has 0 aromatic carbocycles. The molecule has 0 spiro atoms. The second kappa shape index (κ2) is 4.60. The molecule has 0 aliphatic rings. The molecule has 1 aromatic heterocycles. The van der Waals surface area contributed by atoms with Crippen LogP contribution in [0, 0.1) is 0 Å². The van der Waals surface area contributed by atoms with Crippen molar-refractivity contribution in [3.63, 3.8) is 0 Å². The maximum absolute atomic E-state index is 11.7. The standard InChI is InChI=1S/C12H19N3O/c1-8(2)9-6-14-10(7-13-9)11(16)15-12(3,4)5/h6-8H,1-5H3,(H,15,16). The van der Waals surface area contributed by atoms with Gasteiger partial charge < -0.3 is 5.32 Å². The summed E-state index contributed by atoms with van der Waals surface area (Å²) >= 11 is 0. The highest BCUT2D eigenvalue weighted by molar-refractivity contribution is 5.92. The lowest BCUT2D eigenvalue weighted by atomic mass is 10.1. The Hall–Kier alpha value is -1.45. The summed E-state index contributed by atoms with van der Waals surface area (Å²) < 4.78 is 0. The van der Waals surface area contributed by atoms with Crippen molar-refractivity contribution in [1.29, 1.82) is 0 Å². The van der Waals surface area contributed by atoms with E-state index in [4.69, 9.17) is 0 Å². The van der Waals surface area contributed by atoms with Crippen LogP contribution in [-0.2, 0) is 0 Å². The molecule has 0 aliphatic heterocycles. The van der Waals surface area contributed by atoms with E-state index in [1.807, 2.05) is 34.6 Å². The number of rotatable bonds is 2. The van der Waals surface area contributed by atoms with E-state index in [1.54, 1.807) is 6.20 Å². The number of nitrogens with zero attached hydrogens (tertiary/aromatic N) is 2. The Bertz CT molecular complexity index is 363. The zero-order valence-electron chi connectivity index (χ0n) is 10.5. The molecule has 88 valence electrons. The van der Waals surface area contributed by atoms with Gasteiger partial charge in [0.1, 0.15) is 5.69 Å². The molecule has 1 aromatic rings. The van der Waals surface area contributed by atoms with Crippen LogP contribution in [0.3, 0.4) is 0 Å². The van der Waals surface area contributed by atoms with Crippen LogP contribution in [0.15, 0.2) is 12.4 Å². The molecule has 0 saturated carbocycles. The van der Waals surface area contributed by atoms with Gasteiger partial charge in [-0.25, -0.2) is 4.98 Å². The van der Waals surface area contributed by atoms with E-state index in [0.717, 1.165) is 5.69 Å². The minimum absolute atomic E-state index is 0.185. The lowest BCUT2D eigenvalue weighted by molar-refractivity contribution is 0.0914. The molecule has 1 N–H and O–H groups in total. The third-order valence-electron chi connectivity index (χ3n) is 1.98. The van der Waals surface area contributed by atoms with Gasteiger partial charge in [0.25, 0.3) is 5.91 Å². The molecule has 4 heteroatoms. The summed E-state index contributed by atoms with van der Waals surface area (Å²) in [4.78, 5) is 20.0. The van der Waals surface area contributed by atoms with Crippen LogP contribution in [0.5, 0.6) is 0 Å². The normalized spacial score (nSPS) is 11.6. The van der Waals surface area contributed by atoms with Crippen molar-refractivity contribution in [2.75, 3.05) is 0 Å². The summed E-state index contributed by atoms with van der Waals surface area (Å²) in [6, 6.07) is 0. The molecule has 0 unspecified atom stereocenters. The van der Waals surface area contributed by atoms with Crippen molar-refractivity contribution in [2.24, 2.45) is 0 Å². The number of aromatic nitrogens is 2. The van der Waals surface area contributed by atoms with Crippen molar-refractivity contribution in [3.05, 3.63) is 23.8 Å². The Balaban J connectivity index is 2.78. The van der Waals surface area contributed by atoms with Gasteiger partial charge >= 0.3 is 0 Å². The maximum Gasteiger partial charge on any atom is 0.271 e. The molecule has 0 aliphatic carbocycles. The molecule has 1 rings (SSSR count). The predicted octanol–water partition coefficient (Wildman–Crippen LogP) is 2.13.